The number of carbonyl (C=O) groups is 2. The topological polar surface area (TPSA) is 80.3 Å². The summed E-state index contributed by atoms with van der Waals surface area (Å²) in [6.45, 7) is 5.56. The summed E-state index contributed by atoms with van der Waals surface area (Å²) in [4.78, 5) is 18.8. The summed E-state index contributed by atoms with van der Waals surface area (Å²) < 4.78 is 2.50. The lowest BCUT2D eigenvalue weighted by Gasteiger charge is -2.21. The second-order valence-corrected chi connectivity index (χ2v) is 7.15. The molecule has 22 heavy (non-hydrogen) atoms. The number of aliphatic carboxylic acids is 2. The van der Waals surface area contributed by atoms with Crippen LogP contribution < -0.4 is 10.2 Å². The van der Waals surface area contributed by atoms with E-state index in [1.807, 2.05) is 0 Å². The van der Waals surface area contributed by atoms with Crippen molar-refractivity contribution in [2.45, 2.75) is 25.7 Å². The first kappa shape index (κ1) is 20.6. The highest BCUT2D eigenvalue weighted by molar-refractivity contribution is 5.87. The molecular formula is C16H30N2O4. The second-order valence-electron chi connectivity index (χ2n) is 7.15. The average molecular weight is 314 g/mol. The molecule has 0 aromatic rings. The Morgan fingerprint density at radius 1 is 0.682 bits per heavy atom. The molecule has 0 aromatic heterocycles. The third kappa shape index (κ3) is 12.3. The molecule has 6 nitrogen and oxygen atoms in total. The molecule has 0 atom stereocenters. The van der Waals surface area contributed by atoms with Gasteiger partial charge in [-0.05, 0) is 12.2 Å². The van der Waals surface area contributed by atoms with E-state index in [9.17, 15) is 19.8 Å². The van der Waals surface area contributed by atoms with Crippen LogP contribution >= 0.6 is 0 Å². The van der Waals surface area contributed by atoms with E-state index < -0.39 is 11.9 Å². The number of nitrogens with zero attached hydrogens (tertiary/aromatic N) is 2. The van der Waals surface area contributed by atoms with Crippen LogP contribution in [0.4, 0.5) is 0 Å². The van der Waals surface area contributed by atoms with Gasteiger partial charge in [0, 0.05) is 25.7 Å². The van der Waals surface area contributed by atoms with Gasteiger partial charge in [-0.25, -0.2) is 0 Å². The monoisotopic (exact) mass is 314 g/mol. The van der Waals surface area contributed by atoms with Gasteiger partial charge in [-0.1, -0.05) is 0 Å². The van der Waals surface area contributed by atoms with E-state index >= 15 is 0 Å². The van der Waals surface area contributed by atoms with Crippen LogP contribution in [0.2, 0.25) is 0 Å². The van der Waals surface area contributed by atoms with Crippen molar-refractivity contribution in [1.82, 2.24) is 0 Å². The normalized spacial score (nSPS) is 21.5. The molecule has 128 valence electrons. The molecule has 6 heteroatoms. The fourth-order valence-corrected chi connectivity index (χ4v) is 2.52. The molecular weight excluding hydrogens is 284 g/mol. The zero-order valence-electron chi connectivity index (χ0n) is 14.3. The Hall–Kier alpha value is -1.40. The van der Waals surface area contributed by atoms with E-state index in [0.717, 1.165) is 0 Å². The van der Waals surface area contributed by atoms with Crippen LogP contribution in [-0.4, -0.2) is 75.3 Å². The molecule has 0 bridgehead atoms. The third-order valence-corrected chi connectivity index (χ3v) is 3.91. The van der Waals surface area contributed by atoms with Crippen molar-refractivity contribution in [3.63, 3.8) is 0 Å². The average Bonchev–Trinajstić information content (AvgIpc) is 2.96. The van der Waals surface area contributed by atoms with Gasteiger partial charge in [0.15, 0.2) is 0 Å². The molecule has 0 amide bonds. The molecule has 0 aliphatic carbocycles. The molecule has 0 saturated carbocycles. The number of carboxylic acids is 2. The summed E-state index contributed by atoms with van der Waals surface area (Å²) in [6.07, 6.45) is 6.52. The van der Waals surface area contributed by atoms with E-state index in [2.05, 4.69) is 28.2 Å². The Kier molecular flexibility index (Phi) is 8.97. The number of rotatable bonds is 2. The molecule has 0 aromatic carbocycles. The number of hydrogen-bond acceptors (Lipinski definition) is 4. The van der Waals surface area contributed by atoms with Gasteiger partial charge < -0.3 is 28.8 Å². The minimum absolute atomic E-state index is 0.384. The van der Waals surface area contributed by atoms with Gasteiger partial charge in [0.1, 0.15) is 0 Å². The van der Waals surface area contributed by atoms with Crippen LogP contribution in [-0.2, 0) is 9.59 Å². The number of carboxylic acid groups (broad SMARTS) is 2. The number of likely N-dealkylation sites (tertiary alicyclic amines) is 2. The second kappa shape index (κ2) is 9.58. The fraction of sp³-hybridized carbons (Fsp3) is 0.750. The van der Waals surface area contributed by atoms with Gasteiger partial charge in [0.05, 0.1) is 66.3 Å². The van der Waals surface area contributed by atoms with Crippen molar-refractivity contribution in [3.05, 3.63) is 12.2 Å². The molecule has 2 aliphatic rings. The molecule has 0 unspecified atom stereocenters. The predicted molar refractivity (Wildman–Crippen MR) is 81.3 cm³/mol. The maximum atomic E-state index is 9.41. The van der Waals surface area contributed by atoms with Crippen LogP contribution in [0.5, 0.6) is 0 Å². The van der Waals surface area contributed by atoms with Gasteiger partial charge in [-0.3, -0.25) is 0 Å². The maximum absolute atomic E-state index is 9.41. The van der Waals surface area contributed by atoms with Crippen LogP contribution in [0.1, 0.15) is 25.7 Å². The van der Waals surface area contributed by atoms with Crippen molar-refractivity contribution in [3.8, 4) is 0 Å². The zero-order valence-corrected chi connectivity index (χ0v) is 14.3. The fourth-order valence-electron chi connectivity index (χ4n) is 2.52. The molecule has 2 rings (SSSR count). The van der Waals surface area contributed by atoms with Crippen molar-refractivity contribution in [1.29, 1.82) is 0 Å². The largest absolute Gasteiger partial charge is 0.545 e. The smallest absolute Gasteiger partial charge is 0.0784 e. The van der Waals surface area contributed by atoms with Crippen LogP contribution in [0, 0.1) is 0 Å². The molecule has 2 heterocycles. The first-order chi connectivity index (χ1) is 10.0. The highest BCUT2D eigenvalue weighted by atomic mass is 16.4. The summed E-state index contributed by atoms with van der Waals surface area (Å²) in [6, 6.07) is 0. The van der Waals surface area contributed by atoms with Gasteiger partial charge in [-0.2, -0.15) is 0 Å². The Labute approximate surface area is 133 Å². The lowest BCUT2D eigenvalue weighted by Crippen LogP contribution is -2.35. The van der Waals surface area contributed by atoms with E-state index in [0.29, 0.717) is 12.2 Å². The number of quaternary nitrogens is 2. The SMILES string of the molecule is C[N+]1(C)CCCC1.C[N+]1(C)CCCC1.O=C([O-])/C=C\C(=O)[O-]. The summed E-state index contributed by atoms with van der Waals surface area (Å²) in [5.74, 6) is -3.09. The summed E-state index contributed by atoms with van der Waals surface area (Å²) in [5.41, 5.74) is 0. The summed E-state index contributed by atoms with van der Waals surface area (Å²) in [7, 11) is 9.19. The summed E-state index contributed by atoms with van der Waals surface area (Å²) in [5, 5.41) is 18.8. The van der Waals surface area contributed by atoms with Gasteiger partial charge >= 0.3 is 0 Å². The van der Waals surface area contributed by atoms with Gasteiger partial charge in [0.2, 0.25) is 0 Å². The zero-order chi connectivity index (χ0) is 17.2. The van der Waals surface area contributed by atoms with Crippen molar-refractivity contribution in [2.75, 3.05) is 54.4 Å². The Balaban J connectivity index is 0.000000301. The van der Waals surface area contributed by atoms with E-state index in [-0.39, 0.29) is 0 Å². The standard InChI is InChI=1S/2C6H14N.C4H4O4/c2*1-7(2)5-3-4-6-7;5-3(6)1-2-4(7)8/h2*3-6H2,1-2H3;1-2H,(H,5,6)(H,7,8)/q2*+1;/p-2/b;;2-1-. The highest BCUT2D eigenvalue weighted by Crippen LogP contribution is 2.11. The minimum Gasteiger partial charge on any atom is -0.545 e. The number of carbonyl (C=O) groups excluding carboxylic acids is 2. The molecule has 0 radical (unpaired) electrons. The van der Waals surface area contributed by atoms with Crippen molar-refractivity contribution in [2.24, 2.45) is 0 Å². The lowest BCUT2D eigenvalue weighted by atomic mass is 10.4. The third-order valence-electron chi connectivity index (χ3n) is 3.91. The molecule has 0 N–H and O–H groups in total. The van der Waals surface area contributed by atoms with E-state index in [1.165, 1.54) is 60.8 Å². The van der Waals surface area contributed by atoms with Crippen LogP contribution in [0.15, 0.2) is 12.2 Å². The Morgan fingerprint density at radius 3 is 1.00 bits per heavy atom. The maximum Gasteiger partial charge on any atom is 0.0784 e. The Bertz CT molecular complexity index is 338. The van der Waals surface area contributed by atoms with Crippen LogP contribution in [0.3, 0.4) is 0 Å². The first-order valence-corrected chi connectivity index (χ1v) is 7.78. The van der Waals surface area contributed by atoms with Gasteiger partial charge in [0.25, 0.3) is 0 Å². The molecule has 2 fully saturated rings. The van der Waals surface area contributed by atoms with E-state index in [1.54, 1.807) is 0 Å². The first-order valence-electron chi connectivity index (χ1n) is 7.78. The highest BCUT2D eigenvalue weighted by Gasteiger charge is 2.20. The predicted octanol–water partition coefficient (Wildman–Crippen LogP) is -1.24. The van der Waals surface area contributed by atoms with Crippen LogP contribution in [0.25, 0.3) is 0 Å². The number of hydrogen-bond donors (Lipinski definition) is 0. The van der Waals surface area contributed by atoms with Crippen molar-refractivity contribution < 1.29 is 28.8 Å². The molecule has 2 aliphatic heterocycles. The van der Waals surface area contributed by atoms with Crippen molar-refractivity contribution >= 4 is 11.9 Å². The molecule has 0 spiro atoms. The summed E-state index contributed by atoms with van der Waals surface area (Å²) >= 11 is 0. The van der Waals surface area contributed by atoms with E-state index in [4.69, 9.17) is 0 Å². The Morgan fingerprint density at radius 2 is 0.909 bits per heavy atom. The molecule has 2 saturated heterocycles. The quantitative estimate of drug-likeness (QED) is 0.471. The lowest BCUT2D eigenvalue weighted by molar-refractivity contribution is -0.877. The minimum atomic E-state index is -1.55. The van der Waals surface area contributed by atoms with Gasteiger partial charge in [-0.15, -0.1) is 0 Å².